The number of aliphatic hydroxyl groups is 2. The zero-order valence-corrected chi connectivity index (χ0v) is 19.7. The predicted octanol–water partition coefficient (Wildman–Crippen LogP) is 3.09. The molecular weight excluding hydrogens is 416 g/mol. The van der Waals surface area contributed by atoms with Gasteiger partial charge in [-0.3, -0.25) is 9.59 Å². The van der Waals surface area contributed by atoms with E-state index in [1.54, 1.807) is 17.0 Å². The van der Waals surface area contributed by atoms with Crippen molar-refractivity contribution < 1.29 is 19.8 Å². The van der Waals surface area contributed by atoms with E-state index in [1.807, 2.05) is 39.8 Å². The summed E-state index contributed by atoms with van der Waals surface area (Å²) in [5.41, 5.74) is -0.872. The maximum atomic E-state index is 13.4. The Morgan fingerprint density at radius 1 is 1.19 bits per heavy atom. The maximum Gasteiger partial charge on any atom is 0.245 e. The van der Waals surface area contributed by atoms with E-state index in [9.17, 15) is 19.8 Å². The molecule has 0 bridgehead atoms. The zero-order valence-electron chi connectivity index (χ0n) is 18.9. The minimum absolute atomic E-state index is 0.0667. The van der Waals surface area contributed by atoms with Gasteiger partial charge in [-0.15, -0.1) is 0 Å². The first-order chi connectivity index (χ1) is 14.4. The Morgan fingerprint density at radius 2 is 1.84 bits per heavy atom. The summed E-state index contributed by atoms with van der Waals surface area (Å²) < 4.78 is 0. The van der Waals surface area contributed by atoms with E-state index < -0.39 is 23.2 Å². The first-order valence-electron chi connectivity index (χ1n) is 11.2. The van der Waals surface area contributed by atoms with Crippen LogP contribution in [0, 0.1) is 17.3 Å². The van der Waals surface area contributed by atoms with E-state index in [-0.39, 0.29) is 23.7 Å². The Morgan fingerprint density at radius 3 is 2.35 bits per heavy atom. The molecule has 31 heavy (non-hydrogen) atoms. The smallest absolute Gasteiger partial charge is 0.245 e. The molecule has 2 aliphatic rings. The monoisotopic (exact) mass is 450 g/mol. The Labute approximate surface area is 190 Å². The zero-order chi connectivity index (χ0) is 23.0. The standard InChI is InChI=1S/C24H35ClN2O4/c1-15(2)20(26-21(29)16-5-10-19(28)13-16)22(30)27-12-11-24(31,23(3,4)14-27)17-6-8-18(25)9-7-17/h6-9,15-16,19-20,28,31H,5,10-14H2,1-4H3,(H,26,29)/t16-,19-,20?,24+/m1/s1. The average Bonchev–Trinajstić information content (AvgIpc) is 3.14. The van der Waals surface area contributed by atoms with Crippen LogP contribution in [0.3, 0.4) is 0 Å². The summed E-state index contributed by atoms with van der Waals surface area (Å²) in [6.07, 6.45) is 1.70. The van der Waals surface area contributed by atoms with Gasteiger partial charge in [0, 0.05) is 29.4 Å². The maximum absolute atomic E-state index is 13.4. The summed E-state index contributed by atoms with van der Waals surface area (Å²) in [6, 6.07) is 6.60. The van der Waals surface area contributed by atoms with Crippen LogP contribution in [0.5, 0.6) is 0 Å². The number of rotatable bonds is 5. The molecule has 1 saturated carbocycles. The Kier molecular flexibility index (Phi) is 7.04. The van der Waals surface area contributed by atoms with Crippen LogP contribution in [-0.2, 0) is 15.2 Å². The fourth-order valence-corrected chi connectivity index (χ4v) is 5.07. The molecule has 1 saturated heterocycles. The number of halogens is 1. The van der Waals surface area contributed by atoms with Crippen LogP contribution in [0.15, 0.2) is 24.3 Å². The molecule has 6 nitrogen and oxygen atoms in total. The first-order valence-corrected chi connectivity index (χ1v) is 11.6. The topological polar surface area (TPSA) is 89.9 Å². The Hall–Kier alpha value is -1.63. The second-order valence-corrected chi connectivity index (χ2v) is 10.6. The van der Waals surface area contributed by atoms with E-state index in [4.69, 9.17) is 11.6 Å². The summed E-state index contributed by atoms with van der Waals surface area (Å²) in [4.78, 5) is 27.9. The number of nitrogens with zero attached hydrogens (tertiary/aromatic N) is 1. The molecule has 0 aromatic heterocycles. The van der Waals surface area contributed by atoms with Gasteiger partial charge in [0.05, 0.1) is 11.7 Å². The van der Waals surface area contributed by atoms with Crippen LogP contribution >= 0.6 is 11.6 Å². The van der Waals surface area contributed by atoms with Gasteiger partial charge >= 0.3 is 0 Å². The molecule has 3 N–H and O–H groups in total. The highest BCUT2D eigenvalue weighted by molar-refractivity contribution is 6.30. The molecule has 3 rings (SSSR count). The molecule has 2 fully saturated rings. The average molecular weight is 451 g/mol. The molecule has 1 aromatic rings. The van der Waals surface area contributed by atoms with E-state index in [0.717, 1.165) is 5.56 Å². The lowest BCUT2D eigenvalue weighted by atomic mass is 9.66. The van der Waals surface area contributed by atoms with Crippen molar-refractivity contribution in [3.63, 3.8) is 0 Å². The minimum atomic E-state index is -1.08. The van der Waals surface area contributed by atoms with E-state index in [2.05, 4.69) is 5.32 Å². The summed E-state index contributed by atoms with van der Waals surface area (Å²) in [5, 5.41) is 24.8. The molecule has 1 aromatic carbocycles. The van der Waals surface area contributed by atoms with Crippen molar-refractivity contribution in [3.05, 3.63) is 34.9 Å². The van der Waals surface area contributed by atoms with Crippen molar-refractivity contribution >= 4 is 23.4 Å². The van der Waals surface area contributed by atoms with Crippen LogP contribution in [0.25, 0.3) is 0 Å². The SMILES string of the molecule is CC(C)C(NC(=O)[C@@H]1CC[C@@H](O)C1)C(=O)N1CC[C@](O)(c2ccc(Cl)cc2)C(C)(C)C1. The summed E-state index contributed by atoms with van der Waals surface area (Å²) >= 11 is 6.01. The highest BCUT2D eigenvalue weighted by Gasteiger charge is 2.50. The number of carbonyl (C=O) groups excluding carboxylic acids is 2. The number of carbonyl (C=O) groups is 2. The quantitative estimate of drug-likeness (QED) is 0.643. The number of aliphatic hydroxyl groups excluding tert-OH is 1. The number of amides is 2. The molecule has 4 atom stereocenters. The third kappa shape index (κ3) is 4.91. The highest BCUT2D eigenvalue weighted by Crippen LogP contribution is 2.46. The van der Waals surface area contributed by atoms with Crippen LogP contribution < -0.4 is 5.32 Å². The van der Waals surface area contributed by atoms with Crippen LogP contribution in [0.4, 0.5) is 0 Å². The van der Waals surface area contributed by atoms with Crippen molar-refractivity contribution in [2.45, 2.75) is 71.1 Å². The van der Waals surface area contributed by atoms with Crippen molar-refractivity contribution in [2.24, 2.45) is 17.3 Å². The Bertz CT molecular complexity index is 810. The lowest BCUT2D eigenvalue weighted by Gasteiger charge is -2.51. The van der Waals surface area contributed by atoms with Gasteiger partial charge in [0.2, 0.25) is 11.8 Å². The molecule has 7 heteroatoms. The molecule has 1 aliphatic heterocycles. The third-order valence-electron chi connectivity index (χ3n) is 7.09. The molecule has 1 aliphatic carbocycles. The number of piperidine rings is 1. The van der Waals surface area contributed by atoms with Gasteiger partial charge < -0.3 is 20.4 Å². The minimum Gasteiger partial charge on any atom is -0.393 e. The van der Waals surface area contributed by atoms with Gasteiger partial charge in [-0.05, 0) is 49.3 Å². The summed E-state index contributed by atoms with van der Waals surface area (Å²) in [5.74, 6) is -0.578. The fraction of sp³-hybridized carbons (Fsp3) is 0.667. The largest absolute Gasteiger partial charge is 0.393 e. The van der Waals surface area contributed by atoms with Gasteiger partial charge in [-0.1, -0.05) is 51.4 Å². The van der Waals surface area contributed by atoms with Gasteiger partial charge in [0.15, 0.2) is 0 Å². The number of hydrogen-bond acceptors (Lipinski definition) is 4. The molecule has 1 unspecified atom stereocenters. The third-order valence-corrected chi connectivity index (χ3v) is 7.34. The second-order valence-electron chi connectivity index (χ2n) is 10.2. The molecule has 2 amide bonds. The lowest BCUT2D eigenvalue weighted by Crippen LogP contribution is -2.60. The molecule has 0 radical (unpaired) electrons. The van der Waals surface area contributed by atoms with Gasteiger partial charge in [-0.25, -0.2) is 0 Å². The molecule has 0 spiro atoms. The predicted molar refractivity (Wildman–Crippen MR) is 120 cm³/mol. The first kappa shape index (κ1) is 24.0. The van der Waals surface area contributed by atoms with Crippen molar-refractivity contribution in [1.29, 1.82) is 0 Å². The van der Waals surface area contributed by atoms with E-state index in [1.165, 1.54) is 0 Å². The molecule has 172 valence electrons. The van der Waals surface area contributed by atoms with E-state index >= 15 is 0 Å². The number of nitrogens with one attached hydrogen (secondary N) is 1. The van der Waals surface area contributed by atoms with Crippen molar-refractivity contribution in [1.82, 2.24) is 10.2 Å². The van der Waals surface area contributed by atoms with Gasteiger partial charge in [0.25, 0.3) is 0 Å². The van der Waals surface area contributed by atoms with Gasteiger partial charge in [0.1, 0.15) is 6.04 Å². The number of benzene rings is 1. The van der Waals surface area contributed by atoms with Gasteiger partial charge in [-0.2, -0.15) is 0 Å². The van der Waals surface area contributed by atoms with Crippen LogP contribution in [0.1, 0.15) is 58.9 Å². The summed E-state index contributed by atoms with van der Waals surface area (Å²) in [6.45, 7) is 8.56. The number of likely N-dealkylation sites (tertiary alicyclic amines) is 1. The van der Waals surface area contributed by atoms with E-state index in [0.29, 0.717) is 43.8 Å². The van der Waals surface area contributed by atoms with Crippen molar-refractivity contribution in [3.8, 4) is 0 Å². The molecule has 1 heterocycles. The lowest BCUT2D eigenvalue weighted by molar-refractivity contribution is -0.157. The fourth-order valence-electron chi connectivity index (χ4n) is 4.95. The number of hydrogen-bond donors (Lipinski definition) is 3. The summed E-state index contributed by atoms with van der Waals surface area (Å²) in [7, 11) is 0. The van der Waals surface area contributed by atoms with Crippen LogP contribution in [0.2, 0.25) is 5.02 Å². The normalized spacial score (nSPS) is 29.1. The van der Waals surface area contributed by atoms with Crippen molar-refractivity contribution in [2.75, 3.05) is 13.1 Å². The van der Waals surface area contributed by atoms with Crippen LogP contribution in [-0.4, -0.2) is 52.2 Å². The molecular formula is C24H35ClN2O4. The highest BCUT2D eigenvalue weighted by atomic mass is 35.5. The second kappa shape index (κ2) is 9.08. The Balaban J connectivity index is 1.72.